The smallest absolute Gasteiger partial charge is 0.222 e. The summed E-state index contributed by atoms with van der Waals surface area (Å²) in [5.74, 6) is -0.175. The molecule has 1 unspecified atom stereocenters. The van der Waals surface area contributed by atoms with Gasteiger partial charge in [-0.25, -0.2) is 0 Å². The quantitative estimate of drug-likeness (QED) is 0.0343. The highest BCUT2D eigenvalue weighted by molar-refractivity contribution is 5.76. The Bertz CT molecular complexity index is 1100. The van der Waals surface area contributed by atoms with Gasteiger partial charge in [-0.1, -0.05) is 174 Å². The maximum Gasteiger partial charge on any atom is 0.222 e. The fourth-order valence-electron chi connectivity index (χ4n) is 9.31. The summed E-state index contributed by atoms with van der Waals surface area (Å²) >= 11 is 0. The molecule has 374 valence electrons. The van der Waals surface area contributed by atoms with Crippen LogP contribution in [0.3, 0.4) is 0 Å². The Morgan fingerprint density at radius 3 is 1.51 bits per heavy atom. The van der Waals surface area contributed by atoms with Gasteiger partial charge >= 0.3 is 0 Å². The van der Waals surface area contributed by atoms with Crippen molar-refractivity contribution in [2.45, 2.75) is 267 Å². The van der Waals surface area contributed by atoms with E-state index in [0.29, 0.717) is 13.0 Å². The minimum Gasteiger partial charge on any atom is -0.394 e. The Balaban J connectivity index is 1.87. The van der Waals surface area contributed by atoms with Crippen molar-refractivity contribution in [1.29, 1.82) is 0 Å². The van der Waals surface area contributed by atoms with Crippen molar-refractivity contribution < 1.29 is 65.0 Å². The molecule has 2 aliphatic rings. The number of hydrogen-bond acceptors (Lipinski definition) is 13. The summed E-state index contributed by atoms with van der Waals surface area (Å²) in [5.41, 5.74) is -2.66. The second kappa shape index (κ2) is 35.2. The highest BCUT2D eigenvalue weighted by Gasteiger charge is 2.63. The predicted molar refractivity (Wildman–Crippen MR) is 245 cm³/mol. The zero-order chi connectivity index (χ0) is 46.3. The molecule has 0 radical (unpaired) electrons. The average Bonchev–Trinajstić information content (AvgIpc) is 3.28. The van der Waals surface area contributed by atoms with Gasteiger partial charge in [-0.3, -0.25) is 4.79 Å². The van der Waals surface area contributed by atoms with E-state index in [1.54, 1.807) is 0 Å². The molecular weight excluding hydrogens is 811 g/mol. The van der Waals surface area contributed by atoms with E-state index in [4.69, 9.17) is 14.2 Å². The van der Waals surface area contributed by atoms with Crippen LogP contribution in [0.1, 0.15) is 200 Å². The van der Waals surface area contributed by atoms with Gasteiger partial charge in [0.15, 0.2) is 0 Å². The number of rotatable bonds is 39. The van der Waals surface area contributed by atoms with E-state index < -0.39 is 79.9 Å². The van der Waals surface area contributed by atoms with Gasteiger partial charge in [0.2, 0.25) is 5.91 Å². The molecule has 1 amide bonds. The van der Waals surface area contributed by atoms with Crippen molar-refractivity contribution in [2.24, 2.45) is 0 Å². The Morgan fingerprint density at radius 1 is 0.587 bits per heavy atom. The minimum absolute atomic E-state index is 0.0143. The Morgan fingerprint density at radius 2 is 1.05 bits per heavy atom. The number of carbonyl (C=O) groups is 1. The molecule has 0 aromatic carbocycles. The summed E-state index contributed by atoms with van der Waals surface area (Å²) in [7, 11) is 0. The second-order valence-electron chi connectivity index (χ2n) is 18.9. The third kappa shape index (κ3) is 21.7. The van der Waals surface area contributed by atoms with Crippen LogP contribution in [-0.2, 0) is 19.0 Å². The molecule has 14 nitrogen and oxygen atoms in total. The average molecular weight is 906 g/mol. The summed E-state index contributed by atoms with van der Waals surface area (Å²) in [4.78, 5) is 15.1. The fraction of sp³-hybridized carbons (Fsp3) is 0.980. The SMILES string of the molecule is CCCCCCCCCCCCCCCCOCC(O)CN(CC[C@@H]1O[C@H](CO)[C@](O)([C@@H]2O[C@H](CO)[C@H](O)[C@H](O)[C@H]2O)[C@H](O)[C@H]1O)C(=O)CCCCCCCCCCCCCCC. The van der Waals surface area contributed by atoms with Crippen LogP contribution in [-0.4, -0.2) is 163 Å². The number of aliphatic hydroxyl groups is 9. The molecule has 2 saturated heterocycles. The van der Waals surface area contributed by atoms with Crippen LogP contribution in [0.5, 0.6) is 0 Å². The molecule has 2 aliphatic heterocycles. The molecule has 0 aromatic heterocycles. The highest BCUT2D eigenvalue weighted by Crippen LogP contribution is 2.39. The van der Waals surface area contributed by atoms with Crippen molar-refractivity contribution >= 4 is 5.91 Å². The van der Waals surface area contributed by atoms with E-state index in [1.807, 2.05) is 0 Å². The van der Waals surface area contributed by atoms with E-state index in [2.05, 4.69) is 13.8 Å². The standard InChI is InChI=1S/C49H95NO13/c1-3-5-7-9-11-13-15-17-19-21-23-25-27-29-33-61-37-38(53)34-50(42(54)30-28-26-24-22-20-18-16-14-12-10-8-6-4-2)32-31-39-44(56)47(59)49(60,41(36-52)62-39)48-46(58)45(57)43(55)40(35-51)63-48/h38-41,43-48,51-53,55-60H,3-37H2,1-2H3/t38?,39-,40+,41+,43-,44-,45-,46+,47+,48+,49+/m0/s1. The Kier molecular flexibility index (Phi) is 32.5. The van der Waals surface area contributed by atoms with Gasteiger partial charge in [-0.05, 0) is 19.3 Å². The van der Waals surface area contributed by atoms with Gasteiger partial charge in [0.1, 0.15) is 54.4 Å². The predicted octanol–water partition coefficient (Wildman–Crippen LogP) is 5.60. The van der Waals surface area contributed by atoms with Crippen LogP contribution in [0.2, 0.25) is 0 Å². The summed E-state index contributed by atoms with van der Waals surface area (Å²) < 4.78 is 17.2. The number of ether oxygens (including phenoxy) is 3. The van der Waals surface area contributed by atoms with Crippen LogP contribution in [0, 0.1) is 0 Å². The van der Waals surface area contributed by atoms with Crippen molar-refractivity contribution in [2.75, 3.05) is 39.5 Å². The van der Waals surface area contributed by atoms with Crippen molar-refractivity contribution in [3.63, 3.8) is 0 Å². The number of nitrogens with zero attached hydrogens (tertiary/aromatic N) is 1. The van der Waals surface area contributed by atoms with Gasteiger partial charge in [0, 0.05) is 26.1 Å². The third-order valence-electron chi connectivity index (χ3n) is 13.5. The van der Waals surface area contributed by atoms with E-state index in [0.717, 1.165) is 38.5 Å². The van der Waals surface area contributed by atoms with Crippen LogP contribution in [0.4, 0.5) is 0 Å². The zero-order valence-electron chi connectivity index (χ0n) is 39.6. The number of amides is 1. The van der Waals surface area contributed by atoms with Gasteiger partial charge in [-0.2, -0.15) is 0 Å². The van der Waals surface area contributed by atoms with Crippen molar-refractivity contribution in [3.05, 3.63) is 0 Å². The molecule has 0 aromatic rings. The number of unbranched alkanes of at least 4 members (excludes halogenated alkanes) is 25. The highest BCUT2D eigenvalue weighted by atomic mass is 16.6. The summed E-state index contributed by atoms with van der Waals surface area (Å²) in [6.07, 6.45) is 16.7. The molecule has 9 N–H and O–H groups in total. The molecule has 2 fully saturated rings. The largest absolute Gasteiger partial charge is 0.394 e. The second-order valence-corrected chi connectivity index (χ2v) is 18.9. The normalized spacial score (nSPS) is 28.1. The minimum atomic E-state index is -2.66. The van der Waals surface area contributed by atoms with E-state index >= 15 is 0 Å². The first-order valence-corrected chi connectivity index (χ1v) is 25.7. The number of carbonyl (C=O) groups excluding carboxylic acids is 1. The third-order valence-corrected chi connectivity index (χ3v) is 13.5. The molecule has 2 rings (SSSR count). The Labute approximate surface area is 381 Å². The summed E-state index contributed by atoms with van der Waals surface area (Å²) in [5, 5.41) is 96.6. The molecule has 63 heavy (non-hydrogen) atoms. The molecule has 0 saturated carbocycles. The zero-order valence-corrected chi connectivity index (χ0v) is 39.6. The molecule has 14 heteroatoms. The first-order chi connectivity index (χ1) is 30.5. The maximum atomic E-state index is 13.6. The van der Waals surface area contributed by atoms with E-state index in [9.17, 15) is 50.8 Å². The van der Waals surface area contributed by atoms with Gasteiger partial charge < -0.3 is 65.1 Å². The lowest BCUT2D eigenvalue weighted by molar-refractivity contribution is -0.345. The van der Waals surface area contributed by atoms with Crippen LogP contribution >= 0.6 is 0 Å². The van der Waals surface area contributed by atoms with E-state index in [-0.39, 0.29) is 38.4 Å². The Hall–Kier alpha value is -1.01. The monoisotopic (exact) mass is 906 g/mol. The van der Waals surface area contributed by atoms with Crippen LogP contribution in [0.25, 0.3) is 0 Å². The first kappa shape index (κ1) is 58.1. The van der Waals surface area contributed by atoms with Crippen LogP contribution in [0.15, 0.2) is 0 Å². The molecule has 0 spiro atoms. The summed E-state index contributed by atoms with van der Waals surface area (Å²) in [6, 6.07) is 0. The molecule has 11 atom stereocenters. The maximum absolute atomic E-state index is 13.6. The number of aliphatic hydroxyl groups excluding tert-OH is 8. The fourth-order valence-corrected chi connectivity index (χ4v) is 9.31. The molecular formula is C49H95NO13. The van der Waals surface area contributed by atoms with Gasteiger partial charge in [-0.15, -0.1) is 0 Å². The lowest BCUT2D eigenvalue weighted by atomic mass is 9.73. The van der Waals surface area contributed by atoms with Crippen molar-refractivity contribution in [3.8, 4) is 0 Å². The molecule has 0 aliphatic carbocycles. The van der Waals surface area contributed by atoms with Gasteiger partial charge in [0.25, 0.3) is 0 Å². The molecule has 2 heterocycles. The topological polar surface area (TPSA) is 230 Å². The lowest BCUT2D eigenvalue weighted by Crippen LogP contribution is -2.77. The van der Waals surface area contributed by atoms with Crippen molar-refractivity contribution in [1.82, 2.24) is 4.90 Å². The van der Waals surface area contributed by atoms with E-state index in [1.165, 1.54) is 133 Å². The van der Waals surface area contributed by atoms with Gasteiger partial charge in [0.05, 0.1) is 32.0 Å². The van der Waals surface area contributed by atoms with Crippen LogP contribution < -0.4 is 0 Å². The number of hydrogen-bond donors (Lipinski definition) is 9. The summed E-state index contributed by atoms with van der Waals surface area (Å²) in [6.45, 7) is 3.40. The lowest BCUT2D eigenvalue weighted by Gasteiger charge is -2.54. The molecule has 0 bridgehead atoms. The first-order valence-electron chi connectivity index (χ1n) is 25.7.